The number of hydrogen-bond donors (Lipinski definition) is 4. The number of methoxy groups -OCH3 is 1. The molecule has 0 spiro atoms. The number of carbonyl (C=O) groups is 3. The first kappa shape index (κ1) is 27.5. The monoisotopic (exact) mass is 520 g/mol. The van der Waals surface area contributed by atoms with Gasteiger partial charge in [0.05, 0.1) is 39.0 Å². The molecule has 1 atom stereocenters. The van der Waals surface area contributed by atoms with Crippen LogP contribution in [0.3, 0.4) is 0 Å². The quantitative estimate of drug-likeness (QED) is 0.236. The van der Waals surface area contributed by atoms with Crippen molar-refractivity contribution in [1.82, 2.24) is 15.5 Å². The van der Waals surface area contributed by atoms with Crippen LogP contribution in [0.1, 0.15) is 16.8 Å². The molecule has 0 bridgehead atoms. The van der Waals surface area contributed by atoms with Gasteiger partial charge in [-0.2, -0.15) is 0 Å². The van der Waals surface area contributed by atoms with Crippen molar-refractivity contribution in [2.24, 2.45) is 10.7 Å². The minimum absolute atomic E-state index is 0.0418. The van der Waals surface area contributed by atoms with Crippen molar-refractivity contribution in [3.05, 3.63) is 35.4 Å². The van der Waals surface area contributed by atoms with Crippen LogP contribution < -0.4 is 26.4 Å². The zero-order chi connectivity index (χ0) is 25.8. The molecular formula is C23H32N6O6S. The number of ether oxygens (including phenoxy) is 3. The number of rotatable bonds is 15. The average Bonchev–Trinajstić information content (AvgIpc) is 3.48. The molecule has 2 aliphatic heterocycles. The summed E-state index contributed by atoms with van der Waals surface area (Å²) >= 11 is 1.48. The van der Waals surface area contributed by atoms with Gasteiger partial charge in [-0.15, -0.1) is 0 Å². The standard InChI is InChI=1S/C23H32N6O6S/c1-33-19-4-3-16(27-22(32)18-14-29-8-12-36-23(29)28-18)13-17(19)21(31)26-7-9-34-10-11-35-15-20(30)25-6-2-5-24/h3-4,8,12-13,18H,2,5-7,9-11,14-15,24H2,1H3,(H,25,30)(H,26,31)(H,27,32). The van der Waals surface area contributed by atoms with Crippen LogP contribution in [-0.4, -0.2) is 93.5 Å². The number of anilines is 1. The molecule has 3 rings (SSSR count). The Morgan fingerprint density at radius 1 is 1.17 bits per heavy atom. The van der Waals surface area contributed by atoms with Crippen molar-refractivity contribution < 1.29 is 28.6 Å². The minimum atomic E-state index is -0.511. The van der Waals surface area contributed by atoms with E-state index in [1.165, 1.54) is 18.9 Å². The van der Waals surface area contributed by atoms with E-state index in [4.69, 9.17) is 19.9 Å². The number of aliphatic imine (C=N–C) groups is 1. The third-order valence-corrected chi connectivity index (χ3v) is 5.96. The molecule has 196 valence electrons. The van der Waals surface area contributed by atoms with E-state index in [9.17, 15) is 14.4 Å². The first-order valence-electron chi connectivity index (χ1n) is 11.6. The number of nitrogens with zero attached hydrogens (tertiary/aromatic N) is 2. The number of carbonyl (C=O) groups excluding carboxylic acids is 3. The second-order valence-electron chi connectivity index (χ2n) is 7.80. The number of amides is 3. The summed E-state index contributed by atoms with van der Waals surface area (Å²) in [5, 5.41) is 11.0. The summed E-state index contributed by atoms with van der Waals surface area (Å²) < 4.78 is 16.0. The number of fused-ring (bicyclic) bond motifs is 1. The van der Waals surface area contributed by atoms with Crippen molar-refractivity contribution in [2.45, 2.75) is 12.5 Å². The van der Waals surface area contributed by atoms with Crippen LogP contribution in [0.15, 0.2) is 34.8 Å². The molecule has 13 heteroatoms. The number of nitrogens with two attached hydrogens (primary N) is 1. The third kappa shape index (κ3) is 8.22. The largest absolute Gasteiger partial charge is 0.496 e. The van der Waals surface area contributed by atoms with Gasteiger partial charge < -0.3 is 40.8 Å². The molecule has 3 amide bonds. The lowest BCUT2D eigenvalue weighted by atomic mass is 10.1. The second-order valence-corrected chi connectivity index (χ2v) is 8.67. The van der Waals surface area contributed by atoms with Gasteiger partial charge in [-0.3, -0.25) is 14.4 Å². The van der Waals surface area contributed by atoms with Gasteiger partial charge in [0.2, 0.25) is 5.91 Å². The molecule has 0 aliphatic carbocycles. The molecule has 0 aromatic heterocycles. The average molecular weight is 521 g/mol. The highest BCUT2D eigenvalue weighted by Crippen LogP contribution is 2.27. The van der Waals surface area contributed by atoms with Crippen molar-refractivity contribution >= 4 is 40.3 Å². The lowest BCUT2D eigenvalue weighted by Crippen LogP contribution is -2.31. The maximum absolute atomic E-state index is 12.7. The molecule has 12 nitrogen and oxygen atoms in total. The molecule has 5 N–H and O–H groups in total. The summed E-state index contributed by atoms with van der Waals surface area (Å²) in [6, 6.07) is 4.36. The summed E-state index contributed by atoms with van der Waals surface area (Å²) in [6.07, 6.45) is 2.62. The van der Waals surface area contributed by atoms with Crippen molar-refractivity contribution in [3.63, 3.8) is 0 Å². The zero-order valence-corrected chi connectivity index (χ0v) is 21.0. The van der Waals surface area contributed by atoms with Gasteiger partial charge in [0, 0.05) is 25.0 Å². The molecule has 1 aromatic carbocycles. The van der Waals surface area contributed by atoms with Gasteiger partial charge in [0.15, 0.2) is 5.17 Å². The summed E-state index contributed by atoms with van der Waals surface area (Å²) in [6.45, 7) is 2.57. The van der Waals surface area contributed by atoms with Crippen LogP contribution in [0.25, 0.3) is 0 Å². The Morgan fingerprint density at radius 3 is 2.78 bits per heavy atom. The van der Waals surface area contributed by atoms with Crippen LogP contribution >= 0.6 is 11.8 Å². The summed E-state index contributed by atoms with van der Waals surface area (Å²) in [7, 11) is 1.47. The van der Waals surface area contributed by atoms with Crippen LogP contribution in [0.4, 0.5) is 5.69 Å². The van der Waals surface area contributed by atoms with Crippen molar-refractivity contribution in [1.29, 1.82) is 0 Å². The van der Waals surface area contributed by atoms with Crippen molar-refractivity contribution in [3.8, 4) is 5.75 Å². The second kappa shape index (κ2) is 14.4. The van der Waals surface area contributed by atoms with E-state index >= 15 is 0 Å². The zero-order valence-electron chi connectivity index (χ0n) is 20.2. The maximum atomic E-state index is 12.7. The topological polar surface area (TPSA) is 157 Å². The van der Waals surface area contributed by atoms with Crippen LogP contribution in [0.2, 0.25) is 0 Å². The van der Waals surface area contributed by atoms with E-state index in [0.717, 1.165) is 11.6 Å². The smallest absolute Gasteiger partial charge is 0.255 e. The number of amidine groups is 1. The number of nitrogens with one attached hydrogen (secondary N) is 3. The highest BCUT2D eigenvalue weighted by Gasteiger charge is 2.31. The molecule has 0 fully saturated rings. The Balaban J connectivity index is 1.37. The first-order chi connectivity index (χ1) is 17.5. The summed E-state index contributed by atoms with van der Waals surface area (Å²) in [5.74, 6) is -0.421. The predicted molar refractivity (Wildman–Crippen MR) is 137 cm³/mol. The Hall–Kier alpha value is -3.13. The van der Waals surface area contributed by atoms with E-state index < -0.39 is 6.04 Å². The number of thioether (sulfide) groups is 1. The van der Waals surface area contributed by atoms with Crippen LogP contribution in [0, 0.1) is 0 Å². The van der Waals surface area contributed by atoms with Gasteiger partial charge in [-0.05, 0) is 36.6 Å². The Morgan fingerprint density at radius 2 is 2.00 bits per heavy atom. The Labute approximate surface area is 214 Å². The van der Waals surface area contributed by atoms with Crippen LogP contribution in [-0.2, 0) is 19.1 Å². The first-order valence-corrected chi connectivity index (χ1v) is 12.5. The lowest BCUT2D eigenvalue weighted by Gasteiger charge is -2.14. The molecule has 36 heavy (non-hydrogen) atoms. The fraction of sp³-hybridized carbons (Fsp3) is 0.478. The SMILES string of the molecule is COc1ccc(NC(=O)C2CN3C=CSC3=N2)cc1C(=O)NCCOCCOCC(=O)NCCCN. The molecule has 2 heterocycles. The summed E-state index contributed by atoms with van der Waals surface area (Å²) in [4.78, 5) is 43.2. The Bertz CT molecular complexity index is 988. The van der Waals surface area contributed by atoms with E-state index in [0.29, 0.717) is 31.1 Å². The highest BCUT2D eigenvalue weighted by atomic mass is 32.2. The minimum Gasteiger partial charge on any atom is -0.496 e. The van der Waals surface area contributed by atoms with Crippen molar-refractivity contribution in [2.75, 3.05) is 65.0 Å². The normalized spacial score (nSPS) is 15.9. The summed E-state index contributed by atoms with van der Waals surface area (Å²) in [5.41, 5.74) is 6.13. The molecule has 1 unspecified atom stereocenters. The fourth-order valence-corrected chi connectivity index (χ4v) is 4.12. The molecular weight excluding hydrogens is 488 g/mol. The molecule has 0 saturated heterocycles. The van der Waals surface area contributed by atoms with Crippen LogP contribution in [0.5, 0.6) is 5.75 Å². The predicted octanol–water partition coefficient (Wildman–Crippen LogP) is 0.120. The third-order valence-electron chi connectivity index (χ3n) is 5.15. The maximum Gasteiger partial charge on any atom is 0.255 e. The van der Waals surface area contributed by atoms with E-state index in [2.05, 4.69) is 20.9 Å². The highest BCUT2D eigenvalue weighted by molar-refractivity contribution is 8.16. The molecule has 1 aromatic rings. The van der Waals surface area contributed by atoms with E-state index in [1.807, 2.05) is 16.5 Å². The van der Waals surface area contributed by atoms with Gasteiger partial charge in [0.25, 0.3) is 11.8 Å². The molecule has 0 radical (unpaired) electrons. The fourth-order valence-electron chi connectivity index (χ4n) is 3.33. The number of benzene rings is 1. The Kier molecular flexibility index (Phi) is 11.0. The molecule has 2 aliphatic rings. The van der Waals surface area contributed by atoms with Gasteiger partial charge in [0.1, 0.15) is 18.4 Å². The number of hydrogen-bond acceptors (Lipinski definition) is 10. The molecule has 0 saturated carbocycles. The van der Waals surface area contributed by atoms with E-state index in [-0.39, 0.29) is 56.3 Å². The van der Waals surface area contributed by atoms with Gasteiger partial charge in [-0.25, -0.2) is 4.99 Å². The van der Waals surface area contributed by atoms with Gasteiger partial charge in [-0.1, -0.05) is 11.8 Å². The lowest BCUT2D eigenvalue weighted by molar-refractivity contribution is -0.126. The van der Waals surface area contributed by atoms with E-state index in [1.54, 1.807) is 18.2 Å². The van der Waals surface area contributed by atoms with Gasteiger partial charge >= 0.3 is 0 Å².